The fraction of sp³-hybridized carbons (Fsp3) is 0.167. The summed E-state index contributed by atoms with van der Waals surface area (Å²) in [6.45, 7) is 3.91. The Hall–Kier alpha value is -3.80. The average Bonchev–Trinajstić information content (AvgIpc) is 3.45. The van der Waals surface area contributed by atoms with Crippen LogP contribution in [-0.4, -0.2) is 22.8 Å². The van der Waals surface area contributed by atoms with Crippen LogP contribution in [0.1, 0.15) is 34.6 Å². The van der Waals surface area contributed by atoms with Crippen LogP contribution in [0.2, 0.25) is 0 Å². The van der Waals surface area contributed by atoms with E-state index in [1.54, 1.807) is 30.3 Å². The molecule has 0 fully saturated rings. The smallest absolute Gasteiger partial charge is 0.255 e. The van der Waals surface area contributed by atoms with Crippen molar-refractivity contribution in [2.45, 2.75) is 19.9 Å². The second-order valence-corrected chi connectivity index (χ2v) is 7.11. The molecule has 0 radical (unpaired) electrons. The molecular formula is C24H23N3O3. The molecule has 30 heavy (non-hydrogen) atoms. The highest BCUT2D eigenvalue weighted by molar-refractivity contribution is 6.00. The van der Waals surface area contributed by atoms with Crippen LogP contribution in [0.5, 0.6) is 5.75 Å². The average molecular weight is 401 g/mol. The lowest BCUT2D eigenvalue weighted by Gasteiger charge is -2.11. The Morgan fingerprint density at radius 1 is 1.13 bits per heavy atom. The van der Waals surface area contributed by atoms with Crippen molar-refractivity contribution < 1.29 is 13.9 Å². The standard InChI is InChI=1S/C24H23N3O3/c1-16-9-11-19(12-10-16)27-15-21(24(28)25-17(2)22-8-5-13-30-22)23(26-27)18-6-4-7-20(14-18)29-3/h4-15,17H,1-3H3,(H,25,28)/t17-/m1/s1. The number of carbonyl (C=O) groups excluding carboxylic acids is 1. The molecule has 2 aromatic heterocycles. The van der Waals surface area contributed by atoms with E-state index in [4.69, 9.17) is 14.3 Å². The second-order valence-electron chi connectivity index (χ2n) is 7.11. The number of nitrogens with zero attached hydrogens (tertiary/aromatic N) is 2. The normalized spacial score (nSPS) is 11.8. The molecule has 0 aliphatic carbocycles. The number of rotatable bonds is 6. The summed E-state index contributed by atoms with van der Waals surface area (Å²) >= 11 is 0. The number of carbonyl (C=O) groups is 1. The summed E-state index contributed by atoms with van der Waals surface area (Å²) in [6, 6.07) is 18.9. The second kappa shape index (κ2) is 8.29. The SMILES string of the molecule is COc1cccc(-c2nn(-c3ccc(C)cc3)cc2C(=O)N[C@H](C)c2ccco2)c1. The molecule has 1 amide bonds. The highest BCUT2D eigenvalue weighted by atomic mass is 16.5. The summed E-state index contributed by atoms with van der Waals surface area (Å²) in [6.07, 6.45) is 3.35. The summed E-state index contributed by atoms with van der Waals surface area (Å²) in [7, 11) is 1.61. The van der Waals surface area contributed by atoms with Crippen LogP contribution in [0.25, 0.3) is 16.9 Å². The molecule has 0 saturated heterocycles. The minimum Gasteiger partial charge on any atom is -0.497 e. The van der Waals surface area contributed by atoms with Gasteiger partial charge in [-0.2, -0.15) is 5.10 Å². The van der Waals surface area contributed by atoms with Gasteiger partial charge in [0.05, 0.1) is 30.7 Å². The number of furan rings is 1. The van der Waals surface area contributed by atoms with Crippen molar-refractivity contribution in [1.82, 2.24) is 15.1 Å². The van der Waals surface area contributed by atoms with Gasteiger partial charge in [0.25, 0.3) is 5.91 Å². The van der Waals surface area contributed by atoms with Gasteiger partial charge in [0.2, 0.25) is 0 Å². The maximum absolute atomic E-state index is 13.2. The Balaban J connectivity index is 1.74. The van der Waals surface area contributed by atoms with Crippen LogP contribution in [0.15, 0.2) is 77.5 Å². The number of hydrogen-bond acceptors (Lipinski definition) is 4. The minimum absolute atomic E-state index is 0.227. The third-order valence-electron chi connectivity index (χ3n) is 4.92. The monoisotopic (exact) mass is 401 g/mol. The van der Waals surface area contributed by atoms with Gasteiger partial charge in [-0.05, 0) is 50.2 Å². The lowest BCUT2D eigenvalue weighted by molar-refractivity contribution is 0.0936. The topological polar surface area (TPSA) is 69.3 Å². The van der Waals surface area contributed by atoms with Crippen molar-refractivity contribution in [2.75, 3.05) is 7.11 Å². The van der Waals surface area contributed by atoms with Crippen LogP contribution in [0, 0.1) is 6.92 Å². The Morgan fingerprint density at radius 3 is 2.63 bits per heavy atom. The molecule has 152 valence electrons. The lowest BCUT2D eigenvalue weighted by atomic mass is 10.1. The summed E-state index contributed by atoms with van der Waals surface area (Å²) < 4.78 is 12.5. The van der Waals surface area contributed by atoms with Crippen LogP contribution in [-0.2, 0) is 0 Å². The van der Waals surface area contributed by atoms with Gasteiger partial charge in [-0.1, -0.05) is 29.8 Å². The molecule has 0 bridgehead atoms. The van der Waals surface area contributed by atoms with Gasteiger partial charge in [-0.25, -0.2) is 4.68 Å². The van der Waals surface area contributed by atoms with E-state index in [1.165, 1.54) is 0 Å². The van der Waals surface area contributed by atoms with Crippen LogP contribution >= 0.6 is 0 Å². The van der Waals surface area contributed by atoms with Crippen LogP contribution < -0.4 is 10.1 Å². The van der Waals surface area contributed by atoms with Crippen molar-refractivity contribution >= 4 is 5.91 Å². The molecular weight excluding hydrogens is 378 g/mol. The van der Waals surface area contributed by atoms with Crippen molar-refractivity contribution in [3.8, 4) is 22.7 Å². The zero-order valence-corrected chi connectivity index (χ0v) is 17.1. The number of aromatic nitrogens is 2. The van der Waals surface area contributed by atoms with Gasteiger partial charge in [0.15, 0.2) is 0 Å². The molecule has 2 aromatic carbocycles. The first-order chi connectivity index (χ1) is 14.5. The molecule has 6 nitrogen and oxygen atoms in total. The first-order valence-electron chi connectivity index (χ1n) is 9.70. The van der Waals surface area contributed by atoms with E-state index in [0.29, 0.717) is 22.8 Å². The predicted molar refractivity (Wildman–Crippen MR) is 115 cm³/mol. The molecule has 0 aliphatic heterocycles. The molecule has 0 unspecified atom stereocenters. The van der Waals surface area contributed by atoms with E-state index in [9.17, 15) is 4.79 Å². The Morgan fingerprint density at radius 2 is 1.93 bits per heavy atom. The number of nitrogens with one attached hydrogen (secondary N) is 1. The van der Waals surface area contributed by atoms with Gasteiger partial charge in [-0.15, -0.1) is 0 Å². The van der Waals surface area contributed by atoms with E-state index in [0.717, 1.165) is 16.8 Å². The fourth-order valence-electron chi connectivity index (χ4n) is 3.24. The van der Waals surface area contributed by atoms with E-state index < -0.39 is 0 Å². The summed E-state index contributed by atoms with van der Waals surface area (Å²) in [4.78, 5) is 13.2. The quantitative estimate of drug-likeness (QED) is 0.497. The molecule has 0 spiro atoms. The first kappa shape index (κ1) is 19.5. The highest BCUT2D eigenvalue weighted by Crippen LogP contribution is 2.27. The molecule has 1 N–H and O–H groups in total. The molecule has 4 rings (SSSR count). The van der Waals surface area contributed by atoms with Gasteiger partial charge < -0.3 is 14.5 Å². The van der Waals surface area contributed by atoms with Gasteiger partial charge in [0.1, 0.15) is 17.2 Å². The predicted octanol–water partition coefficient (Wildman–Crippen LogP) is 4.94. The number of aryl methyl sites for hydroxylation is 1. The fourth-order valence-corrected chi connectivity index (χ4v) is 3.24. The van der Waals surface area contributed by atoms with E-state index in [-0.39, 0.29) is 11.9 Å². The van der Waals surface area contributed by atoms with E-state index >= 15 is 0 Å². The van der Waals surface area contributed by atoms with Gasteiger partial charge in [0, 0.05) is 11.8 Å². The maximum Gasteiger partial charge on any atom is 0.255 e. The van der Waals surface area contributed by atoms with E-state index in [1.807, 2.05) is 68.4 Å². The van der Waals surface area contributed by atoms with E-state index in [2.05, 4.69) is 5.32 Å². The van der Waals surface area contributed by atoms with Crippen molar-refractivity contribution in [3.05, 3.63) is 90.0 Å². The zero-order valence-electron chi connectivity index (χ0n) is 17.1. The highest BCUT2D eigenvalue weighted by Gasteiger charge is 2.21. The molecule has 1 atom stereocenters. The number of amides is 1. The Labute approximate surface area is 175 Å². The molecule has 0 aliphatic rings. The van der Waals surface area contributed by atoms with Crippen molar-refractivity contribution in [3.63, 3.8) is 0 Å². The molecule has 4 aromatic rings. The molecule has 2 heterocycles. The van der Waals surface area contributed by atoms with Gasteiger partial charge >= 0.3 is 0 Å². The maximum atomic E-state index is 13.2. The van der Waals surface area contributed by atoms with Crippen LogP contribution in [0.3, 0.4) is 0 Å². The molecule has 6 heteroatoms. The minimum atomic E-state index is -0.270. The third kappa shape index (κ3) is 3.98. The Bertz CT molecular complexity index is 1140. The number of hydrogen-bond donors (Lipinski definition) is 1. The summed E-state index contributed by atoms with van der Waals surface area (Å²) in [5.74, 6) is 1.17. The van der Waals surface area contributed by atoms with Crippen LogP contribution in [0.4, 0.5) is 0 Å². The lowest BCUT2D eigenvalue weighted by Crippen LogP contribution is -2.26. The Kier molecular flexibility index (Phi) is 5.39. The number of benzene rings is 2. The number of methoxy groups -OCH3 is 1. The van der Waals surface area contributed by atoms with Gasteiger partial charge in [-0.3, -0.25) is 4.79 Å². The summed E-state index contributed by atoms with van der Waals surface area (Å²) in [5.41, 5.74) is 3.89. The van der Waals surface area contributed by atoms with Crippen molar-refractivity contribution in [2.24, 2.45) is 0 Å². The largest absolute Gasteiger partial charge is 0.497 e. The zero-order chi connectivity index (χ0) is 21.1. The first-order valence-corrected chi connectivity index (χ1v) is 9.70. The summed E-state index contributed by atoms with van der Waals surface area (Å²) in [5, 5.41) is 7.72. The molecule has 0 saturated carbocycles. The number of ether oxygens (including phenoxy) is 1. The van der Waals surface area contributed by atoms with Crippen molar-refractivity contribution in [1.29, 1.82) is 0 Å². The third-order valence-corrected chi connectivity index (χ3v) is 4.92.